The highest BCUT2D eigenvalue weighted by atomic mass is 16.6. The van der Waals surface area contributed by atoms with Crippen molar-refractivity contribution in [1.29, 1.82) is 0 Å². The summed E-state index contributed by atoms with van der Waals surface area (Å²) in [5, 5.41) is 11.4. The minimum Gasteiger partial charge on any atom is -0.467 e. The molecule has 0 spiro atoms. The number of ether oxygens (including phenoxy) is 1. The van der Waals surface area contributed by atoms with Crippen LogP contribution >= 0.6 is 0 Å². The fraction of sp³-hybridized carbons (Fsp3) is 0.375. The lowest BCUT2D eigenvalue weighted by atomic mass is 9.92. The Morgan fingerprint density at radius 1 is 1.06 bits per heavy atom. The van der Waals surface area contributed by atoms with Crippen LogP contribution in [-0.4, -0.2) is 11.9 Å². The second kappa shape index (κ2) is 4.99. The molecule has 1 N–H and O–H groups in total. The van der Waals surface area contributed by atoms with Crippen LogP contribution in [0.2, 0.25) is 0 Å². The minimum atomic E-state index is -0.282. The molecule has 0 aliphatic rings. The summed E-state index contributed by atoms with van der Waals surface area (Å²) in [5.41, 5.74) is 3.65. The molecule has 0 aliphatic heterocycles. The van der Waals surface area contributed by atoms with E-state index in [9.17, 15) is 0 Å². The van der Waals surface area contributed by atoms with Gasteiger partial charge in [0.25, 0.3) is 0 Å². The van der Waals surface area contributed by atoms with Gasteiger partial charge in [0, 0.05) is 0 Å². The Bertz CT molecular complexity index is 571. The van der Waals surface area contributed by atoms with Crippen molar-refractivity contribution in [3.05, 3.63) is 41.0 Å². The van der Waals surface area contributed by atoms with E-state index in [1.54, 1.807) is 0 Å². The molecule has 2 nitrogen and oxygen atoms in total. The van der Waals surface area contributed by atoms with Gasteiger partial charge in [-0.2, -0.15) is 0 Å². The molecule has 0 unspecified atom stereocenters. The average molecular weight is 244 g/mol. The predicted octanol–water partition coefficient (Wildman–Crippen LogP) is 3.91. The van der Waals surface area contributed by atoms with E-state index >= 15 is 0 Å². The third-order valence-electron chi connectivity index (χ3n) is 3.41. The van der Waals surface area contributed by atoms with E-state index in [4.69, 9.17) is 9.84 Å². The third kappa shape index (κ3) is 2.21. The van der Waals surface area contributed by atoms with Gasteiger partial charge in [-0.05, 0) is 59.4 Å². The molecule has 0 aromatic heterocycles. The van der Waals surface area contributed by atoms with Gasteiger partial charge < -0.3 is 9.84 Å². The fourth-order valence-corrected chi connectivity index (χ4v) is 2.38. The topological polar surface area (TPSA) is 29.5 Å². The number of hydrogen-bond acceptors (Lipinski definition) is 2. The first kappa shape index (κ1) is 12.9. The predicted molar refractivity (Wildman–Crippen MR) is 75.2 cm³/mol. The summed E-state index contributed by atoms with van der Waals surface area (Å²) in [5.74, 6) is 1.26. The van der Waals surface area contributed by atoms with Gasteiger partial charge in [0.2, 0.25) is 0 Å². The zero-order valence-electron chi connectivity index (χ0n) is 11.4. The lowest BCUT2D eigenvalue weighted by molar-refractivity contribution is 0.0980. The standard InChI is InChI=1S/C16H20O2/c1-10(2)13-6-5-11(3)14-8-16(18-9-17)12(4)7-15(13)14/h5-8,10,17H,9H2,1-4H3. The van der Waals surface area contributed by atoms with Gasteiger partial charge in [0.1, 0.15) is 5.75 Å². The van der Waals surface area contributed by atoms with Crippen molar-refractivity contribution in [2.75, 3.05) is 6.79 Å². The number of aliphatic hydroxyl groups is 1. The fourth-order valence-electron chi connectivity index (χ4n) is 2.38. The van der Waals surface area contributed by atoms with E-state index in [-0.39, 0.29) is 6.79 Å². The van der Waals surface area contributed by atoms with Gasteiger partial charge >= 0.3 is 0 Å². The summed E-state index contributed by atoms with van der Waals surface area (Å²) in [4.78, 5) is 0. The first-order chi connectivity index (χ1) is 8.54. The zero-order chi connectivity index (χ0) is 13.3. The molecule has 0 saturated heterocycles. The minimum absolute atomic E-state index is 0.282. The van der Waals surface area contributed by atoms with E-state index in [0.29, 0.717) is 5.92 Å². The molecule has 2 rings (SSSR count). The van der Waals surface area contributed by atoms with Crippen LogP contribution in [0.15, 0.2) is 24.3 Å². The first-order valence-corrected chi connectivity index (χ1v) is 6.32. The highest BCUT2D eigenvalue weighted by molar-refractivity contribution is 5.91. The smallest absolute Gasteiger partial charge is 0.186 e. The van der Waals surface area contributed by atoms with Crippen LogP contribution in [0.4, 0.5) is 0 Å². The molecule has 0 aliphatic carbocycles. The molecule has 0 radical (unpaired) electrons. The summed E-state index contributed by atoms with van der Waals surface area (Å²) >= 11 is 0. The SMILES string of the molecule is Cc1cc2c(C(C)C)ccc(C)c2cc1OCO. The van der Waals surface area contributed by atoms with Crippen LogP contribution in [0.3, 0.4) is 0 Å². The van der Waals surface area contributed by atoms with E-state index in [1.165, 1.54) is 21.9 Å². The summed E-state index contributed by atoms with van der Waals surface area (Å²) in [6, 6.07) is 8.54. The summed E-state index contributed by atoms with van der Waals surface area (Å²) in [7, 11) is 0. The Morgan fingerprint density at radius 3 is 2.39 bits per heavy atom. The summed E-state index contributed by atoms with van der Waals surface area (Å²) in [6.07, 6.45) is 0. The van der Waals surface area contributed by atoms with E-state index < -0.39 is 0 Å². The van der Waals surface area contributed by atoms with Crippen LogP contribution in [0.5, 0.6) is 5.75 Å². The van der Waals surface area contributed by atoms with Gasteiger partial charge in [-0.15, -0.1) is 0 Å². The lowest BCUT2D eigenvalue weighted by Gasteiger charge is -2.15. The van der Waals surface area contributed by atoms with Crippen molar-refractivity contribution in [3.63, 3.8) is 0 Å². The average Bonchev–Trinajstić information content (AvgIpc) is 2.31. The van der Waals surface area contributed by atoms with Crippen molar-refractivity contribution in [2.45, 2.75) is 33.6 Å². The van der Waals surface area contributed by atoms with Gasteiger partial charge in [0.05, 0.1) is 0 Å². The Labute approximate surface area is 108 Å². The number of aryl methyl sites for hydroxylation is 2. The number of rotatable bonds is 3. The Balaban J connectivity index is 2.73. The Morgan fingerprint density at radius 2 is 1.78 bits per heavy atom. The lowest BCUT2D eigenvalue weighted by Crippen LogP contribution is -1.98. The van der Waals surface area contributed by atoms with Crippen LogP contribution in [-0.2, 0) is 0 Å². The van der Waals surface area contributed by atoms with Crippen molar-refractivity contribution >= 4 is 10.8 Å². The largest absolute Gasteiger partial charge is 0.467 e. The normalized spacial score (nSPS) is 11.2. The number of fused-ring (bicyclic) bond motifs is 1. The van der Waals surface area contributed by atoms with Crippen molar-refractivity contribution in [3.8, 4) is 5.75 Å². The molecule has 2 aromatic rings. The maximum absolute atomic E-state index is 8.91. The molecular weight excluding hydrogens is 224 g/mol. The molecule has 0 saturated carbocycles. The monoisotopic (exact) mass is 244 g/mol. The number of hydrogen-bond donors (Lipinski definition) is 1. The molecule has 0 bridgehead atoms. The molecule has 2 heteroatoms. The van der Waals surface area contributed by atoms with E-state index in [2.05, 4.69) is 39.0 Å². The highest BCUT2D eigenvalue weighted by Crippen LogP contribution is 2.32. The number of aliphatic hydroxyl groups excluding tert-OH is 1. The molecule has 96 valence electrons. The van der Waals surface area contributed by atoms with Gasteiger partial charge in [0.15, 0.2) is 6.79 Å². The molecule has 0 fully saturated rings. The van der Waals surface area contributed by atoms with E-state index in [0.717, 1.165) is 11.3 Å². The van der Waals surface area contributed by atoms with Gasteiger partial charge in [-0.25, -0.2) is 0 Å². The van der Waals surface area contributed by atoms with Gasteiger partial charge in [-0.3, -0.25) is 0 Å². The van der Waals surface area contributed by atoms with Crippen LogP contribution in [0.1, 0.15) is 36.5 Å². The van der Waals surface area contributed by atoms with E-state index in [1.807, 2.05) is 13.0 Å². The third-order valence-corrected chi connectivity index (χ3v) is 3.41. The summed E-state index contributed by atoms with van der Waals surface area (Å²) in [6.45, 7) is 8.24. The zero-order valence-corrected chi connectivity index (χ0v) is 11.4. The van der Waals surface area contributed by atoms with Crippen molar-refractivity contribution < 1.29 is 9.84 Å². The van der Waals surface area contributed by atoms with Crippen LogP contribution < -0.4 is 4.74 Å². The highest BCUT2D eigenvalue weighted by Gasteiger charge is 2.10. The van der Waals surface area contributed by atoms with Crippen molar-refractivity contribution in [1.82, 2.24) is 0 Å². The maximum atomic E-state index is 8.91. The van der Waals surface area contributed by atoms with Crippen molar-refractivity contribution in [2.24, 2.45) is 0 Å². The molecule has 0 heterocycles. The quantitative estimate of drug-likeness (QED) is 0.829. The Hall–Kier alpha value is -1.54. The second-order valence-corrected chi connectivity index (χ2v) is 5.06. The summed E-state index contributed by atoms with van der Waals surface area (Å²) < 4.78 is 5.26. The van der Waals surface area contributed by atoms with Crippen LogP contribution in [0, 0.1) is 13.8 Å². The first-order valence-electron chi connectivity index (χ1n) is 6.32. The molecule has 0 atom stereocenters. The Kier molecular flexibility index (Phi) is 3.58. The maximum Gasteiger partial charge on any atom is 0.186 e. The molecule has 18 heavy (non-hydrogen) atoms. The number of benzene rings is 2. The second-order valence-electron chi connectivity index (χ2n) is 5.06. The molecule has 2 aromatic carbocycles. The van der Waals surface area contributed by atoms with Gasteiger partial charge in [-0.1, -0.05) is 26.0 Å². The van der Waals surface area contributed by atoms with Crippen LogP contribution in [0.25, 0.3) is 10.8 Å². The molecule has 0 amide bonds. The molecular formula is C16H20O2.